The van der Waals surface area contributed by atoms with Crippen LogP contribution in [0, 0.1) is 0 Å². The van der Waals surface area contributed by atoms with Crippen molar-refractivity contribution in [2.45, 2.75) is 51.9 Å². The van der Waals surface area contributed by atoms with Gasteiger partial charge < -0.3 is 14.2 Å². The molecule has 7 heteroatoms. The molecule has 0 aliphatic carbocycles. The Labute approximate surface area is 185 Å². The third-order valence-electron chi connectivity index (χ3n) is 5.47. The van der Waals surface area contributed by atoms with Crippen LogP contribution in [0.4, 0.5) is 11.4 Å². The van der Waals surface area contributed by atoms with Gasteiger partial charge in [-0.1, -0.05) is 57.2 Å². The van der Waals surface area contributed by atoms with Crippen LogP contribution in [0.25, 0.3) is 0 Å². The number of nitrogens with zero attached hydrogens (tertiary/aromatic N) is 3. The number of benzene rings is 2. The second-order valence-electron chi connectivity index (χ2n) is 7.53. The third kappa shape index (κ3) is 5.34. The summed E-state index contributed by atoms with van der Waals surface area (Å²) in [7, 11) is 4.89. The highest BCUT2D eigenvalue weighted by atomic mass is 16.5. The molecule has 1 aliphatic rings. The number of methoxy groups -OCH3 is 3. The molecule has 0 spiro atoms. The molecule has 168 valence electrons. The van der Waals surface area contributed by atoms with E-state index < -0.39 is 0 Å². The van der Waals surface area contributed by atoms with Crippen LogP contribution in [-0.2, 0) is 6.42 Å². The van der Waals surface area contributed by atoms with E-state index in [1.54, 1.807) is 27.7 Å². The molecule has 0 radical (unpaired) electrons. The summed E-state index contributed by atoms with van der Waals surface area (Å²) in [5, 5.41) is 8.11. The molecule has 0 amide bonds. The van der Waals surface area contributed by atoms with Crippen LogP contribution in [0.2, 0.25) is 0 Å². The van der Waals surface area contributed by atoms with Crippen LogP contribution >= 0.6 is 0 Å². The summed E-state index contributed by atoms with van der Waals surface area (Å²) < 4.78 is 16.7. The molecule has 0 atom stereocenters. The maximum atomic E-state index is 5.65. The summed E-state index contributed by atoms with van der Waals surface area (Å²) in [6.45, 7) is 2.25. The van der Waals surface area contributed by atoms with Crippen LogP contribution in [0.5, 0.6) is 17.2 Å². The summed E-state index contributed by atoms with van der Waals surface area (Å²) in [6.07, 6.45) is 10.4. The summed E-state index contributed by atoms with van der Waals surface area (Å²) >= 11 is 0. The lowest BCUT2D eigenvalue weighted by Crippen LogP contribution is -2.44. The van der Waals surface area contributed by atoms with Crippen molar-refractivity contribution in [2.24, 2.45) is 5.10 Å². The van der Waals surface area contributed by atoms with Gasteiger partial charge in [-0.2, -0.15) is 10.7 Å². The van der Waals surface area contributed by atoms with Gasteiger partial charge in [-0.3, -0.25) is 0 Å². The molecule has 31 heavy (non-hydrogen) atoms. The van der Waals surface area contributed by atoms with Gasteiger partial charge in [-0.05, 0) is 24.5 Å². The van der Waals surface area contributed by atoms with Crippen molar-refractivity contribution in [1.29, 1.82) is 0 Å². The average Bonchev–Trinajstić information content (AvgIpc) is 3.29. The van der Waals surface area contributed by atoms with E-state index in [1.165, 1.54) is 44.1 Å². The summed E-state index contributed by atoms with van der Waals surface area (Å²) in [5.74, 6) is 1.92. The Bertz CT molecular complexity index is 847. The SMILES string of the molecule is CCCCCCCCc1ccccc1N1NN=CN1c1c(OC)cc(OC)cc1OC. The number of hydrogen-bond donors (Lipinski definition) is 1. The Morgan fingerprint density at radius 1 is 0.871 bits per heavy atom. The van der Waals surface area contributed by atoms with Gasteiger partial charge >= 0.3 is 0 Å². The third-order valence-corrected chi connectivity index (χ3v) is 5.47. The van der Waals surface area contributed by atoms with E-state index in [9.17, 15) is 0 Å². The average molecular weight is 427 g/mol. The first-order chi connectivity index (χ1) is 15.2. The quantitative estimate of drug-likeness (QED) is 0.465. The first-order valence-electron chi connectivity index (χ1n) is 11.0. The fraction of sp³-hybridized carbons (Fsp3) is 0.458. The van der Waals surface area contributed by atoms with Crippen LogP contribution < -0.4 is 29.9 Å². The molecule has 0 bridgehead atoms. The molecule has 0 saturated carbocycles. The molecule has 0 fully saturated rings. The zero-order chi connectivity index (χ0) is 22.1. The van der Waals surface area contributed by atoms with Gasteiger partial charge in [0.05, 0.1) is 27.0 Å². The smallest absolute Gasteiger partial charge is 0.152 e. The zero-order valence-electron chi connectivity index (χ0n) is 19.1. The van der Waals surface area contributed by atoms with Crippen molar-refractivity contribution in [3.8, 4) is 17.2 Å². The number of ether oxygens (including phenoxy) is 3. The molecular formula is C24H34N4O3. The molecular weight excluding hydrogens is 392 g/mol. The predicted octanol–water partition coefficient (Wildman–Crippen LogP) is 5.30. The second-order valence-corrected chi connectivity index (χ2v) is 7.53. The molecule has 2 aromatic carbocycles. The summed E-state index contributed by atoms with van der Waals surface area (Å²) in [4.78, 5) is 0. The molecule has 0 saturated heterocycles. The molecule has 7 nitrogen and oxygen atoms in total. The Hall–Kier alpha value is -3.09. The molecule has 1 N–H and O–H groups in total. The lowest BCUT2D eigenvalue weighted by molar-refractivity contribution is 0.376. The van der Waals surface area contributed by atoms with E-state index in [2.05, 4.69) is 35.8 Å². The van der Waals surface area contributed by atoms with Crippen molar-refractivity contribution < 1.29 is 14.2 Å². The Kier molecular flexibility index (Phi) is 8.27. The summed E-state index contributed by atoms with van der Waals surface area (Å²) in [6, 6.07) is 12.1. The topological polar surface area (TPSA) is 58.6 Å². The minimum atomic E-state index is 0.629. The molecule has 0 unspecified atom stereocenters. The van der Waals surface area contributed by atoms with Crippen molar-refractivity contribution in [2.75, 3.05) is 31.5 Å². The van der Waals surface area contributed by atoms with Crippen LogP contribution in [0.1, 0.15) is 51.0 Å². The monoisotopic (exact) mass is 426 g/mol. The Morgan fingerprint density at radius 3 is 2.23 bits per heavy atom. The highest BCUT2D eigenvalue weighted by molar-refractivity contribution is 5.91. The fourth-order valence-corrected chi connectivity index (χ4v) is 3.80. The number of para-hydroxylation sites is 1. The van der Waals surface area contributed by atoms with Gasteiger partial charge in [0.1, 0.15) is 12.1 Å². The van der Waals surface area contributed by atoms with Gasteiger partial charge in [-0.25, -0.2) is 5.01 Å². The number of rotatable bonds is 12. The van der Waals surface area contributed by atoms with E-state index in [4.69, 9.17) is 14.2 Å². The van der Waals surface area contributed by atoms with Gasteiger partial charge in [0, 0.05) is 12.1 Å². The Balaban J connectivity index is 1.84. The molecule has 1 heterocycles. The second kappa shape index (κ2) is 11.3. The number of unbranched alkanes of at least 4 members (excludes halogenated alkanes) is 5. The molecule has 0 aromatic heterocycles. The van der Waals surface area contributed by atoms with E-state index in [-0.39, 0.29) is 0 Å². The Morgan fingerprint density at radius 2 is 1.55 bits per heavy atom. The highest BCUT2D eigenvalue weighted by Gasteiger charge is 2.28. The first-order valence-corrected chi connectivity index (χ1v) is 11.0. The van der Waals surface area contributed by atoms with Gasteiger partial charge in [0.25, 0.3) is 0 Å². The number of aryl methyl sites for hydroxylation is 1. The molecule has 2 aromatic rings. The zero-order valence-corrected chi connectivity index (χ0v) is 19.1. The lowest BCUT2D eigenvalue weighted by Gasteiger charge is -2.31. The van der Waals surface area contributed by atoms with Crippen LogP contribution in [0.15, 0.2) is 41.5 Å². The van der Waals surface area contributed by atoms with E-state index in [1.807, 2.05) is 28.3 Å². The standard InChI is InChI=1S/C24H34N4O3/c1-5-6-7-8-9-10-13-19-14-11-12-15-21(19)28-26-25-18-27(28)24-22(30-3)16-20(29-2)17-23(24)31-4/h11-12,14-18,26H,5-10,13H2,1-4H3. The van der Waals surface area contributed by atoms with Crippen molar-refractivity contribution in [3.05, 3.63) is 42.0 Å². The summed E-state index contributed by atoms with van der Waals surface area (Å²) in [5.41, 5.74) is 6.16. The normalized spacial score (nSPS) is 12.8. The minimum absolute atomic E-state index is 0.629. The number of hydrazine groups is 2. The van der Waals surface area contributed by atoms with Gasteiger partial charge in [0.15, 0.2) is 17.2 Å². The maximum absolute atomic E-state index is 5.65. The fourth-order valence-electron chi connectivity index (χ4n) is 3.80. The van der Waals surface area contributed by atoms with Gasteiger partial charge in [-0.15, -0.1) is 5.10 Å². The predicted molar refractivity (Wildman–Crippen MR) is 126 cm³/mol. The highest BCUT2D eigenvalue weighted by Crippen LogP contribution is 2.43. The molecule has 3 rings (SSSR count). The van der Waals surface area contributed by atoms with Crippen LogP contribution in [0.3, 0.4) is 0 Å². The number of nitrogens with one attached hydrogen (secondary N) is 1. The molecule has 1 aliphatic heterocycles. The maximum Gasteiger partial charge on any atom is 0.152 e. The number of anilines is 2. The van der Waals surface area contributed by atoms with E-state index >= 15 is 0 Å². The van der Waals surface area contributed by atoms with Crippen molar-refractivity contribution in [1.82, 2.24) is 5.53 Å². The number of hydrazone groups is 1. The lowest BCUT2D eigenvalue weighted by atomic mass is 10.0. The first kappa shape index (κ1) is 22.6. The van der Waals surface area contributed by atoms with E-state index in [0.717, 1.165) is 17.8 Å². The minimum Gasteiger partial charge on any atom is -0.496 e. The van der Waals surface area contributed by atoms with Crippen LogP contribution in [-0.4, -0.2) is 27.7 Å². The largest absolute Gasteiger partial charge is 0.496 e. The van der Waals surface area contributed by atoms with Crippen molar-refractivity contribution in [3.63, 3.8) is 0 Å². The van der Waals surface area contributed by atoms with Gasteiger partial charge in [0.2, 0.25) is 0 Å². The van der Waals surface area contributed by atoms with Crippen molar-refractivity contribution >= 4 is 17.7 Å². The number of hydrogen-bond acceptors (Lipinski definition) is 7. The van der Waals surface area contributed by atoms with E-state index in [0.29, 0.717) is 17.2 Å².